The predicted octanol–water partition coefficient (Wildman–Crippen LogP) is 4.18. The largest absolute Gasteiger partial charge is 0.491 e. The molecule has 0 aliphatic heterocycles. The molecule has 0 spiro atoms. The highest BCUT2D eigenvalue weighted by molar-refractivity contribution is 7.12. The minimum Gasteiger partial charge on any atom is -0.491 e. The van der Waals surface area contributed by atoms with Crippen molar-refractivity contribution in [2.75, 3.05) is 5.32 Å². The molecule has 0 saturated carbocycles. The summed E-state index contributed by atoms with van der Waals surface area (Å²) in [6.45, 7) is 4.12. The van der Waals surface area contributed by atoms with Crippen molar-refractivity contribution < 1.29 is 9.53 Å². The zero-order valence-corrected chi connectivity index (χ0v) is 11.9. The van der Waals surface area contributed by atoms with Crippen LogP contribution in [-0.4, -0.2) is 12.0 Å². The molecule has 3 nitrogen and oxygen atoms in total. The fourth-order valence-corrected chi connectivity index (χ4v) is 2.15. The van der Waals surface area contributed by atoms with Gasteiger partial charge >= 0.3 is 0 Å². The van der Waals surface area contributed by atoms with E-state index in [1.54, 1.807) is 6.07 Å². The molecule has 0 bridgehead atoms. The summed E-state index contributed by atoms with van der Waals surface area (Å²) in [5, 5.41) is 4.74. The monoisotopic (exact) mass is 275 g/mol. The van der Waals surface area contributed by atoms with Crippen LogP contribution in [0.15, 0.2) is 41.8 Å². The number of carbonyl (C=O) groups excluding carboxylic acids is 1. The molecule has 2 rings (SSSR count). The number of benzene rings is 1. The van der Waals surface area contributed by atoms with Gasteiger partial charge < -0.3 is 10.1 Å². The summed E-state index contributed by atoms with van der Waals surface area (Å²) >= 11 is 1.43. The average molecular weight is 275 g/mol. The summed E-state index contributed by atoms with van der Waals surface area (Å²) in [5.74, 6) is 0.745. The molecule has 2 aromatic rings. The predicted molar refractivity (Wildman–Crippen MR) is 79.1 cm³/mol. The van der Waals surface area contributed by atoms with Crippen molar-refractivity contribution in [2.45, 2.75) is 26.4 Å². The summed E-state index contributed by atoms with van der Waals surface area (Å²) in [7, 11) is 0. The first kappa shape index (κ1) is 13.6. The first-order valence-corrected chi connectivity index (χ1v) is 7.18. The van der Waals surface area contributed by atoms with Gasteiger partial charge in [0.05, 0.1) is 11.0 Å². The van der Waals surface area contributed by atoms with Crippen molar-refractivity contribution >= 4 is 22.9 Å². The molecule has 0 unspecified atom stereocenters. The molecule has 0 aliphatic rings. The van der Waals surface area contributed by atoms with Gasteiger partial charge in [0.1, 0.15) is 5.75 Å². The third-order valence-corrected chi connectivity index (χ3v) is 3.64. The molecule has 100 valence electrons. The zero-order chi connectivity index (χ0) is 13.7. The Labute approximate surface area is 117 Å². The lowest BCUT2D eigenvalue weighted by Crippen LogP contribution is -2.11. The van der Waals surface area contributed by atoms with Crippen LogP contribution in [0, 0.1) is 0 Å². The quantitative estimate of drug-likeness (QED) is 0.889. The van der Waals surface area contributed by atoms with Crippen molar-refractivity contribution in [3.8, 4) is 5.75 Å². The van der Waals surface area contributed by atoms with E-state index < -0.39 is 0 Å². The number of nitrogens with one attached hydrogen (secondary N) is 1. The molecule has 1 atom stereocenters. The Bertz CT molecular complexity index is 520. The van der Waals surface area contributed by atoms with E-state index in [4.69, 9.17) is 4.74 Å². The maximum absolute atomic E-state index is 11.9. The fourth-order valence-electron chi connectivity index (χ4n) is 1.53. The lowest BCUT2D eigenvalue weighted by molar-refractivity contribution is 0.103. The van der Waals surface area contributed by atoms with Gasteiger partial charge in [-0.3, -0.25) is 4.79 Å². The molecule has 0 fully saturated rings. The van der Waals surface area contributed by atoms with Gasteiger partial charge in [-0.1, -0.05) is 13.0 Å². The Kier molecular flexibility index (Phi) is 4.58. The van der Waals surface area contributed by atoms with E-state index in [0.29, 0.717) is 4.88 Å². The molecular formula is C15H17NO2S. The summed E-state index contributed by atoms with van der Waals surface area (Å²) in [4.78, 5) is 12.6. The number of ether oxygens (including phenoxy) is 1. The number of anilines is 1. The van der Waals surface area contributed by atoms with E-state index in [2.05, 4.69) is 12.2 Å². The SMILES string of the molecule is CC[C@@H](C)Oc1ccc(NC(=O)c2cccs2)cc1. The van der Waals surface area contributed by atoms with Gasteiger partial charge in [0, 0.05) is 5.69 Å². The highest BCUT2D eigenvalue weighted by Gasteiger charge is 2.07. The van der Waals surface area contributed by atoms with Crippen LogP contribution in [0.2, 0.25) is 0 Å². The number of hydrogen-bond acceptors (Lipinski definition) is 3. The number of amides is 1. The van der Waals surface area contributed by atoms with Crippen LogP contribution in [0.5, 0.6) is 5.75 Å². The molecule has 0 radical (unpaired) electrons. The van der Waals surface area contributed by atoms with Gasteiger partial charge in [0.25, 0.3) is 5.91 Å². The second-order valence-corrected chi connectivity index (χ2v) is 5.24. The Morgan fingerprint density at radius 3 is 2.63 bits per heavy atom. The lowest BCUT2D eigenvalue weighted by Gasteiger charge is -2.12. The summed E-state index contributed by atoms with van der Waals surface area (Å²) in [5.41, 5.74) is 0.773. The average Bonchev–Trinajstić information content (AvgIpc) is 2.95. The van der Waals surface area contributed by atoms with Crippen LogP contribution < -0.4 is 10.1 Å². The van der Waals surface area contributed by atoms with Gasteiger partial charge in [-0.2, -0.15) is 0 Å². The van der Waals surface area contributed by atoms with Crippen LogP contribution in [-0.2, 0) is 0 Å². The van der Waals surface area contributed by atoms with Crippen LogP contribution in [0.25, 0.3) is 0 Å². The van der Waals surface area contributed by atoms with E-state index in [1.807, 2.05) is 42.6 Å². The fraction of sp³-hybridized carbons (Fsp3) is 0.267. The number of rotatable bonds is 5. The molecule has 4 heteroatoms. The summed E-state index contributed by atoms with van der Waals surface area (Å²) in [6, 6.07) is 11.1. The molecule has 1 amide bonds. The first-order valence-electron chi connectivity index (χ1n) is 6.30. The molecule has 1 heterocycles. The van der Waals surface area contributed by atoms with E-state index in [9.17, 15) is 4.79 Å². The van der Waals surface area contributed by atoms with Crippen LogP contribution in [0.1, 0.15) is 29.9 Å². The highest BCUT2D eigenvalue weighted by atomic mass is 32.1. The number of hydrogen-bond donors (Lipinski definition) is 1. The topological polar surface area (TPSA) is 38.3 Å². The van der Waals surface area contributed by atoms with Crippen molar-refractivity contribution in [3.05, 3.63) is 46.7 Å². The Balaban J connectivity index is 1.97. The molecule has 1 aromatic heterocycles. The van der Waals surface area contributed by atoms with Gasteiger partial charge in [-0.25, -0.2) is 0 Å². The van der Waals surface area contributed by atoms with E-state index in [1.165, 1.54) is 11.3 Å². The van der Waals surface area contributed by atoms with Gasteiger partial charge in [0.15, 0.2) is 0 Å². The lowest BCUT2D eigenvalue weighted by atomic mass is 10.2. The maximum atomic E-state index is 11.9. The number of thiophene rings is 1. The highest BCUT2D eigenvalue weighted by Crippen LogP contribution is 2.19. The van der Waals surface area contributed by atoms with Gasteiger partial charge in [-0.15, -0.1) is 11.3 Å². The van der Waals surface area contributed by atoms with Gasteiger partial charge in [0.2, 0.25) is 0 Å². The second kappa shape index (κ2) is 6.38. The molecule has 1 N–H and O–H groups in total. The zero-order valence-electron chi connectivity index (χ0n) is 11.1. The minimum absolute atomic E-state index is 0.0782. The van der Waals surface area contributed by atoms with Gasteiger partial charge in [-0.05, 0) is 49.1 Å². The van der Waals surface area contributed by atoms with Crippen LogP contribution in [0.4, 0.5) is 5.69 Å². The Morgan fingerprint density at radius 2 is 2.05 bits per heavy atom. The van der Waals surface area contributed by atoms with Crippen LogP contribution in [0.3, 0.4) is 0 Å². The van der Waals surface area contributed by atoms with E-state index in [-0.39, 0.29) is 12.0 Å². The van der Waals surface area contributed by atoms with Crippen molar-refractivity contribution in [1.29, 1.82) is 0 Å². The van der Waals surface area contributed by atoms with E-state index in [0.717, 1.165) is 17.9 Å². The normalized spacial score (nSPS) is 11.9. The van der Waals surface area contributed by atoms with E-state index >= 15 is 0 Å². The molecule has 19 heavy (non-hydrogen) atoms. The van der Waals surface area contributed by atoms with Crippen molar-refractivity contribution in [1.82, 2.24) is 0 Å². The molecule has 0 aliphatic carbocycles. The minimum atomic E-state index is -0.0782. The molecule has 0 saturated heterocycles. The molecular weight excluding hydrogens is 258 g/mol. The second-order valence-electron chi connectivity index (χ2n) is 4.29. The third kappa shape index (κ3) is 3.83. The van der Waals surface area contributed by atoms with Crippen molar-refractivity contribution in [2.24, 2.45) is 0 Å². The third-order valence-electron chi connectivity index (χ3n) is 2.77. The van der Waals surface area contributed by atoms with Crippen molar-refractivity contribution in [3.63, 3.8) is 0 Å². The summed E-state index contributed by atoms with van der Waals surface area (Å²) < 4.78 is 5.69. The number of carbonyl (C=O) groups is 1. The Hall–Kier alpha value is -1.81. The summed E-state index contributed by atoms with van der Waals surface area (Å²) in [6.07, 6.45) is 1.17. The Morgan fingerprint density at radius 1 is 1.32 bits per heavy atom. The molecule has 1 aromatic carbocycles. The maximum Gasteiger partial charge on any atom is 0.265 e. The standard InChI is InChI=1S/C15H17NO2S/c1-3-11(2)18-13-8-6-12(7-9-13)16-15(17)14-5-4-10-19-14/h4-11H,3H2,1-2H3,(H,16,17)/t11-/m1/s1. The smallest absolute Gasteiger partial charge is 0.265 e. The first-order chi connectivity index (χ1) is 9.19. The van der Waals surface area contributed by atoms with Crippen LogP contribution >= 0.6 is 11.3 Å².